The maximum atomic E-state index is 7.50. The minimum absolute atomic E-state index is 0. The average molecular weight is 416 g/mol. The molecule has 0 atom stereocenters. The molecule has 0 rings (SSSR count). The molecule has 0 spiro atoms. The van der Waals surface area contributed by atoms with E-state index in [9.17, 15) is 0 Å². The minimum atomic E-state index is 0. The molecule has 0 fully saturated rings. The molecule has 0 amide bonds. The van der Waals surface area contributed by atoms with Gasteiger partial charge in [-0.2, -0.15) is 0 Å². The molecule has 0 bridgehead atoms. The van der Waals surface area contributed by atoms with Crippen LogP contribution in [0.15, 0.2) is 0 Å². The van der Waals surface area contributed by atoms with Crippen LogP contribution in [0.4, 0.5) is 0 Å². The van der Waals surface area contributed by atoms with E-state index < -0.39 is 0 Å². The van der Waals surface area contributed by atoms with Gasteiger partial charge in [-0.05, 0) is 42.0 Å². The van der Waals surface area contributed by atoms with Crippen molar-refractivity contribution in [2.75, 3.05) is 32.5 Å². The van der Waals surface area contributed by atoms with Crippen LogP contribution < -0.4 is 0 Å². The third-order valence-electron chi connectivity index (χ3n) is 4.13. The molecule has 0 aliphatic heterocycles. The van der Waals surface area contributed by atoms with Crippen LogP contribution in [0.5, 0.6) is 0 Å². The summed E-state index contributed by atoms with van der Waals surface area (Å²) in [5, 5.41) is 0. The van der Waals surface area contributed by atoms with Gasteiger partial charge in [0.25, 0.3) is 0 Å². The second-order valence-corrected chi connectivity index (χ2v) is 14.2. The van der Waals surface area contributed by atoms with Crippen LogP contribution in [-0.4, -0.2) is 68.4 Å². The van der Waals surface area contributed by atoms with Gasteiger partial charge in [0.2, 0.25) is 0 Å². The molecule has 0 saturated heterocycles. The summed E-state index contributed by atoms with van der Waals surface area (Å²) in [7, 11) is 2.72. The number of hydrogen-bond acceptors (Lipinski definition) is 1. The Balaban J connectivity index is -0.000000480. The quantitative estimate of drug-likeness (QED) is 0.222. The van der Waals surface area contributed by atoms with Crippen molar-refractivity contribution in [3.63, 3.8) is 0 Å². The predicted molar refractivity (Wildman–Crippen MR) is 114 cm³/mol. The first-order valence-corrected chi connectivity index (χ1v) is 11.9. The summed E-state index contributed by atoms with van der Waals surface area (Å²) >= 11 is 0. The Morgan fingerprint density at radius 3 is 1.08 bits per heavy atom. The van der Waals surface area contributed by atoms with Crippen LogP contribution in [0.25, 0.3) is 0 Å². The van der Waals surface area contributed by atoms with E-state index in [-0.39, 0.29) is 41.3 Å². The van der Waals surface area contributed by atoms with Gasteiger partial charge in [0.1, 0.15) is 0 Å². The molecule has 0 saturated carbocycles. The molecule has 0 aliphatic carbocycles. The van der Waals surface area contributed by atoms with Gasteiger partial charge in [0.15, 0.2) is 0 Å². The van der Waals surface area contributed by atoms with Gasteiger partial charge in [-0.15, -0.1) is 15.8 Å². The van der Waals surface area contributed by atoms with Crippen LogP contribution in [0.2, 0.25) is 0 Å². The molecule has 6 heteroatoms. The first-order chi connectivity index (χ1) is 10.2. The molecule has 3 radical (unpaired) electrons. The molecule has 0 heterocycles. The van der Waals surface area contributed by atoms with Crippen molar-refractivity contribution in [1.29, 1.82) is 0 Å². The van der Waals surface area contributed by atoms with Crippen LogP contribution in [0, 0.1) is 6.65 Å². The Labute approximate surface area is 168 Å². The molecule has 2 nitrogen and oxygen atoms in total. The second-order valence-electron chi connectivity index (χ2n) is 7.15. The predicted octanol–water partition coefficient (Wildman–Crippen LogP) is 4.56. The molecular weight excluding hydrogens is 375 g/mol. The standard InChI is InChI=1S/C17H39NP2.CO.B.Fe.2H/c1-14(2)19(15(3)4)12-10-18(9)11-13-20(16(5)6)17(7)8;1-2;;;;/h14-17H,10-13H2,1-9H3;;;;;. The summed E-state index contributed by atoms with van der Waals surface area (Å²) in [6.07, 6.45) is 2.84. The molecule has 0 unspecified atom stereocenters. The second kappa shape index (κ2) is 18.9. The van der Waals surface area contributed by atoms with Crippen molar-refractivity contribution < 1.29 is 21.7 Å². The van der Waals surface area contributed by atoms with Crippen molar-refractivity contribution in [2.24, 2.45) is 0 Å². The summed E-state index contributed by atoms with van der Waals surface area (Å²) in [6, 6.07) is 0. The van der Waals surface area contributed by atoms with E-state index in [1.165, 1.54) is 25.4 Å². The summed E-state index contributed by atoms with van der Waals surface area (Å²) in [5.41, 5.74) is 3.51. The zero-order valence-corrected chi connectivity index (χ0v) is 20.4. The van der Waals surface area contributed by atoms with Crippen molar-refractivity contribution in [3.05, 3.63) is 6.65 Å². The van der Waals surface area contributed by atoms with E-state index in [0.717, 1.165) is 22.6 Å². The first kappa shape index (κ1) is 32.8. The summed E-state index contributed by atoms with van der Waals surface area (Å²) in [4.78, 5) is 2.58. The van der Waals surface area contributed by atoms with Crippen LogP contribution in [-0.2, 0) is 21.7 Å². The van der Waals surface area contributed by atoms with Crippen molar-refractivity contribution >= 4 is 24.3 Å². The summed E-state index contributed by atoms with van der Waals surface area (Å²) in [5.74, 6) is 0. The Bertz CT molecular complexity index is 249. The van der Waals surface area contributed by atoms with E-state index in [4.69, 9.17) is 4.65 Å². The van der Waals surface area contributed by atoms with Gasteiger partial charge in [-0.3, -0.25) is 0 Å². The third kappa shape index (κ3) is 15.4. The summed E-state index contributed by atoms with van der Waals surface area (Å²) in [6.45, 7) is 26.3. The molecule has 0 aromatic carbocycles. The first-order valence-electron chi connectivity index (χ1n) is 8.57. The SMILES string of the molecule is CC(C)P(CCN(C)CCP(C(C)C)C(C)C)C(C)C.[B].[C-]#[O+].[FeH2]. The Hall–Kier alpha value is 1.14. The van der Waals surface area contributed by atoms with Crippen molar-refractivity contribution in [3.8, 4) is 0 Å². The van der Waals surface area contributed by atoms with Gasteiger partial charge in [0.05, 0.1) is 0 Å². The van der Waals surface area contributed by atoms with E-state index in [0.29, 0.717) is 0 Å². The molecule has 24 heavy (non-hydrogen) atoms. The average Bonchev–Trinajstić information content (AvgIpc) is 2.39. The van der Waals surface area contributed by atoms with Gasteiger partial charge in [0, 0.05) is 21.5 Å². The van der Waals surface area contributed by atoms with Gasteiger partial charge >= 0.3 is 28.4 Å². The van der Waals surface area contributed by atoms with Gasteiger partial charge < -0.3 is 4.90 Å². The van der Waals surface area contributed by atoms with Gasteiger partial charge in [-0.1, -0.05) is 55.4 Å². The fourth-order valence-corrected chi connectivity index (χ4v) is 8.50. The normalized spacial score (nSPS) is 11.1. The number of nitrogens with zero attached hydrogens (tertiary/aromatic N) is 1. The number of hydrogen-bond donors (Lipinski definition) is 0. The molecule has 0 aromatic heterocycles. The van der Waals surface area contributed by atoms with E-state index in [1.807, 2.05) is 0 Å². The third-order valence-corrected chi connectivity index (χ3v) is 10.9. The zero-order valence-electron chi connectivity index (χ0n) is 17.4. The van der Waals surface area contributed by atoms with E-state index in [1.54, 1.807) is 0 Å². The number of rotatable bonds is 10. The van der Waals surface area contributed by atoms with E-state index in [2.05, 4.69) is 74.0 Å². The topological polar surface area (TPSA) is 23.1 Å². The molecule has 145 valence electrons. The monoisotopic (exact) mass is 416 g/mol. The molecular formula is C18H41BFeNOP2. The Morgan fingerprint density at radius 1 is 0.708 bits per heavy atom. The Morgan fingerprint density at radius 2 is 0.917 bits per heavy atom. The van der Waals surface area contributed by atoms with Crippen molar-refractivity contribution in [1.82, 2.24) is 4.90 Å². The Kier molecular flexibility index (Phi) is 25.8. The van der Waals surface area contributed by atoms with Crippen molar-refractivity contribution in [2.45, 2.75) is 78.0 Å². The molecule has 0 aliphatic rings. The fraction of sp³-hybridized carbons (Fsp3) is 0.944. The molecule has 0 N–H and O–H groups in total. The van der Waals surface area contributed by atoms with E-state index >= 15 is 0 Å². The van der Waals surface area contributed by atoms with Crippen LogP contribution >= 0.6 is 15.8 Å². The van der Waals surface area contributed by atoms with Crippen LogP contribution in [0.3, 0.4) is 0 Å². The summed E-state index contributed by atoms with van der Waals surface area (Å²) < 4.78 is 7.50. The van der Waals surface area contributed by atoms with Crippen LogP contribution in [0.1, 0.15) is 55.4 Å². The fourth-order valence-electron chi connectivity index (χ4n) is 2.91. The van der Waals surface area contributed by atoms with Gasteiger partial charge in [-0.25, -0.2) is 0 Å². The molecule has 0 aromatic rings. The zero-order chi connectivity index (χ0) is 17.9. The maximum absolute atomic E-state index is 7.50.